The zero-order valence-electron chi connectivity index (χ0n) is 32.2. The Morgan fingerprint density at radius 2 is 0.851 bits per heavy atom. The fraction of sp³-hybridized carbons (Fsp3) is 0.700. The van der Waals surface area contributed by atoms with E-state index in [4.69, 9.17) is 4.12 Å². The molecule has 7 heteroatoms. The molecule has 0 bridgehead atoms. The summed E-state index contributed by atoms with van der Waals surface area (Å²) in [6.45, 7) is 28.5. The van der Waals surface area contributed by atoms with E-state index in [1.54, 1.807) is 25.7 Å². The second kappa shape index (κ2) is 17.3. The second-order valence-electron chi connectivity index (χ2n) is 16.7. The molecule has 2 aliphatic carbocycles. The Labute approximate surface area is 307 Å². The summed E-state index contributed by atoms with van der Waals surface area (Å²) in [7, 11) is -2.83. The first-order valence-electron chi connectivity index (χ1n) is 19.2. The summed E-state index contributed by atoms with van der Waals surface area (Å²) in [5.41, 5.74) is 11.3. The summed E-state index contributed by atoms with van der Waals surface area (Å²) in [5.74, 6) is 1.98. The van der Waals surface area contributed by atoms with E-state index in [9.17, 15) is 0 Å². The van der Waals surface area contributed by atoms with Crippen LogP contribution in [0.15, 0.2) is 36.4 Å². The summed E-state index contributed by atoms with van der Waals surface area (Å²) in [4.78, 5) is 0. The van der Waals surface area contributed by atoms with Crippen molar-refractivity contribution in [2.24, 2.45) is 0 Å². The molecule has 263 valence electrons. The van der Waals surface area contributed by atoms with Gasteiger partial charge in [0, 0.05) is 0 Å². The minimum absolute atomic E-state index is 0.495. The molecule has 0 aromatic heterocycles. The van der Waals surface area contributed by atoms with Gasteiger partial charge in [-0.2, -0.15) is 0 Å². The number of rotatable bonds is 8. The van der Waals surface area contributed by atoms with Crippen molar-refractivity contribution >= 4 is 60.7 Å². The third-order valence-electron chi connectivity index (χ3n) is 10.5. The predicted octanol–water partition coefficient (Wildman–Crippen LogP) is 12.8. The summed E-state index contributed by atoms with van der Waals surface area (Å²) >= 11 is -1.33. The number of hydrogen-bond donors (Lipinski definition) is 0. The molecule has 3 fully saturated rings. The maximum absolute atomic E-state index is 7.31. The molecule has 47 heavy (non-hydrogen) atoms. The summed E-state index contributed by atoms with van der Waals surface area (Å²) < 4.78 is 13.1. The molecule has 1 radical (unpaired) electrons. The molecule has 2 aromatic carbocycles. The number of nitrogens with zero attached hydrogens (tertiary/aromatic N) is 2. The van der Waals surface area contributed by atoms with Gasteiger partial charge in [-0.05, 0) is 37.0 Å². The Kier molecular flexibility index (Phi) is 14.6. The first-order valence-corrected chi connectivity index (χ1v) is 29.2. The average Bonchev–Trinajstić information content (AvgIpc) is 3.01. The van der Waals surface area contributed by atoms with Gasteiger partial charge in [-0.25, -0.2) is 0 Å². The third kappa shape index (κ3) is 9.96. The van der Waals surface area contributed by atoms with Crippen molar-refractivity contribution in [3.63, 3.8) is 0 Å². The summed E-state index contributed by atoms with van der Waals surface area (Å²) in [6, 6.07) is 14.0. The topological polar surface area (TPSA) is 15.7 Å². The number of benzene rings is 2. The van der Waals surface area contributed by atoms with Crippen LogP contribution >= 0.6 is 8.58 Å². The van der Waals surface area contributed by atoms with Gasteiger partial charge >= 0.3 is 225 Å². The van der Waals surface area contributed by atoms with Crippen molar-refractivity contribution in [1.29, 1.82) is 0 Å². The molecular formula is C40H69BiN2OPSi2. The first-order chi connectivity index (χ1) is 22.1. The fourth-order valence-corrected chi connectivity index (χ4v) is 31.2. The predicted molar refractivity (Wildman–Crippen MR) is 218 cm³/mol. The van der Waals surface area contributed by atoms with Crippen LogP contribution in [-0.2, 0) is 4.12 Å². The number of anilines is 2. The van der Waals surface area contributed by atoms with Crippen molar-refractivity contribution in [2.45, 2.75) is 181 Å². The molecule has 0 spiro atoms. The standard InChI is InChI=1S/C28H46N2OSi2.C12H23P.Bi/c1-19(2)23-15-13-16-24(20(3)4)27(23)29-32(9,10)31-33(11,12)30-28-25(21(5)6)17-14-18-26(28)22(7)8;1-3-7-11(8-4-1)13-12-9-5-2-6-10-12;/h13-22H,1-12H3;11-13H,1-10H2;/q-2;;+2. The van der Waals surface area contributed by atoms with Gasteiger partial charge in [0.2, 0.25) is 0 Å². The van der Waals surface area contributed by atoms with Crippen molar-refractivity contribution in [1.82, 2.24) is 0 Å². The van der Waals surface area contributed by atoms with E-state index in [0.29, 0.717) is 23.7 Å². The van der Waals surface area contributed by atoms with Gasteiger partial charge in [-0.3, -0.25) is 0 Å². The van der Waals surface area contributed by atoms with Crippen LogP contribution in [0.4, 0.5) is 11.4 Å². The van der Waals surface area contributed by atoms with Crippen molar-refractivity contribution in [3.05, 3.63) is 58.7 Å². The van der Waals surface area contributed by atoms with E-state index >= 15 is 0 Å². The van der Waals surface area contributed by atoms with Crippen LogP contribution in [0.1, 0.15) is 166 Å². The van der Waals surface area contributed by atoms with E-state index in [-0.39, 0.29) is 0 Å². The van der Waals surface area contributed by atoms with Gasteiger partial charge in [0.25, 0.3) is 0 Å². The molecule has 0 N–H and O–H groups in total. The molecule has 2 saturated carbocycles. The van der Waals surface area contributed by atoms with Gasteiger partial charge < -0.3 is 0 Å². The maximum atomic E-state index is 7.31. The quantitative estimate of drug-likeness (QED) is 0.194. The molecule has 1 saturated heterocycles. The molecule has 1 heterocycles. The second-order valence-corrected chi connectivity index (χ2v) is 33.1. The van der Waals surface area contributed by atoms with Crippen LogP contribution in [-0.4, -0.2) is 52.1 Å². The van der Waals surface area contributed by atoms with Crippen LogP contribution in [0, 0.1) is 0 Å². The van der Waals surface area contributed by atoms with E-state index < -0.39 is 40.8 Å². The van der Waals surface area contributed by atoms with Crippen LogP contribution in [0.5, 0.6) is 0 Å². The Morgan fingerprint density at radius 1 is 0.553 bits per heavy atom. The van der Waals surface area contributed by atoms with E-state index in [0.717, 1.165) is 11.3 Å². The third-order valence-corrected chi connectivity index (χ3v) is 34.8. The molecule has 3 nitrogen and oxygen atoms in total. The average molecular weight is 890 g/mol. The van der Waals surface area contributed by atoms with E-state index in [2.05, 4.69) is 123 Å². The van der Waals surface area contributed by atoms with Crippen LogP contribution < -0.4 is 5.02 Å². The number of hydrogen-bond acceptors (Lipinski definition) is 3. The van der Waals surface area contributed by atoms with Crippen molar-refractivity contribution < 1.29 is 4.12 Å². The molecule has 0 unspecified atom stereocenters. The Hall–Kier alpha value is -0.253. The summed E-state index contributed by atoms with van der Waals surface area (Å²) in [5, 5.41) is 0. The van der Waals surface area contributed by atoms with Gasteiger partial charge in [0.05, 0.1) is 0 Å². The molecule has 2 aromatic rings. The van der Waals surface area contributed by atoms with Gasteiger partial charge in [-0.15, -0.1) is 8.58 Å². The van der Waals surface area contributed by atoms with Gasteiger partial charge in [0.15, 0.2) is 0 Å². The van der Waals surface area contributed by atoms with Gasteiger partial charge in [-0.1, -0.05) is 38.5 Å². The molecule has 0 atom stereocenters. The Morgan fingerprint density at radius 3 is 1.13 bits per heavy atom. The fourth-order valence-electron chi connectivity index (χ4n) is 8.01. The zero-order chi connectivity index (χ0) is 34.5. The molecule has 1 aliphatic heterocycles. The first kappa shape index (κ1) is 39.5. The Balaban J connectivity index is 0.000000318. The molecule has 0 amide bonds. The number of para-hydroxylation sites is 2. The van der Waals surface area contributed by atoms with Gasteiger partial charge in [0.1, 0.15) is 0 Å². The van der Waals surface area contributed by atoms with Crippen molar-refractivity contribution in [2.75, 3.05) is 5.02 Å². The molecule has 3 aliphatic rings. The van der Waals surface area contributed by atoms with Crippen LogP contribution in [0.3, 0.4) is 0 Å². The monoisotopic (exact) mass is 889 g/mol. The minimum atomic E-state index is -2.08. The van der Waals surface area contributed by atoms with E-state index in [1.165, 1.54) is 80.7 Å². The molecular weight excluding hydrogens is 821 g/mol. The molecule has 5 rings (SSSR count). The van der Waals surface area contributed by atoms with Crippen LogP contribution in [0.25, 0.3) is 0 Å². The SMILES string of the molecule is C1CCC(PC2CCCCC2)CC1.CC(C)c1cccc(C(C)C)c1[N]1[Bi][N](c2c(C(C)C)cccc2C(C)C)[Si](C)(C)O[Si]1(C)C. The summed E-state index contributed by atoms with van der Waals surface area (Å²) in [6.07, 6.45) is 15.4. The zero-order valence-corrected chi connectivity index (χ0v) is 38.7. The van der Waals surface area contributed by atoms with Crippen molar-refractivity contribution in [3.8, 4) is 0 Å². The normalized spacial score (nSPS) is 20.7. The Bertz CT molecular complexity index is 1140. The van der Waals surface area contributed by atoms with Crippen LogP contribution in [0.2, 0.25) is 26.2 Å². The van der Waals surface area contributed by atoms with E-state index in [1.807, 2.05) is 0 Å².